The lowest BCUT2D eigenvalue weighted by molar-refractivity contribution is -0.118. The van der Waals surface area contributed by atoms with Gasteiger partial charge in [0.25, 0.3) is 0 Å². The highest BCUT2D eigenvalue weighted by atomic mass is 16.5. The molecule has 0 amide bonds. The van der Waals surface area contributed by atoms with E-state index in [9.17, 15) is 9.90 Å². The van der Waals surface area contributed by atoms with Crippen LogP contribution in [0.3, 0.4) is 0 Å². The number of allylic oxidation sites excluding steroid dienone is 3. The van der Waals surface area contributed by atoms with Gasteiger partial charge in [0, 0.05) is 19.1 Å². The van der Waals surface area contributed by atoms with Gasteiger partial charge < -0.3 is 28.8 Å². The van der Waals surface area contributed by atoms with E-state index in [1.807, 2.05) is 0 Å². The molecule has 7 nitrogen and oxygen atoms in total. The number of ketones is 1. The molecule has 162 valence electrons. The number of carbonyl (C=O) groups excluding carboxylic acids is 1. The number of benzene rings is 1. The van der Waals surface area contributed by atoms with Gasteiger partial charge in [0.1, 0.15) is 5.76 Å². The third-order valence-electron chi connectivity index (χ3n) is 3.96. The predicted octanol–water partition coefficient (Wildman–Crippen LogP) is 4.01. The fraction of sp³-hybridized carbons (Fsp3) is 0.348. The molecule has 0 atom stereocenters. The number of terminal acetylenes is 1. The largest absolute Gasteiger partial charge is 0.502 e. The van der Waals surface area contributed by atoms with Crippen LogP contribution in [0, 0.1) is 12.3 Å². The predicted molar refractivity (Wildman–Crippen MR) is 114 cm³/mol. The molecule has 0 aromatic heterocycles. The lowest BCUT2D eigenvalue weighted by atomic mass is 10.0. The van der Waals surface area contributed by atoms with Crippen LogP contribution in [0.4, 0.5) is 0 Å². The Morgan fingerprint density at radius 2 is 1.90 bits per heavy atom. The second kappa shape index (κ2) is 13.0. The quantitative estimate of drug-likeness (QED) is 0.506. The van der Waals surface area contributed by atoms with Gasteiger partial charge >= 0.3 is 0 Å². The minimum Gasteiger partial charge on any atom is -0.502 e. The van der Waals surface area contributed by atoms with Crippen molar-refractivity contribution in [1.82, 2.24) is 0 Å². The molecule has 0 unspecified atom stereocenters. The van der Waals surface area contributed by atoms with Crippen molar-refractivity contribution in [2.45, 2.75) is 19.8 Å². The van der Waals surface area contributed by atoms with E-state index in [4.69, 9.17) is 23.7 Å². The normalized spacial score (nSPS) is 15.0. The van der Waals surface area contributed by atoms with Crippen LogP contribution in [-0.2, 0) is 19.0 Å². The zero-order valence-corrected chi connectivity index (χ0v) is 18.0. The molecule has 1 aliphatic heterocycles. The molecule has 1 heterocycles. The smallest absolute Gasteiger partial charge is 0.208 e. The number of hydrogen-bond acceptors (Lipinski definition) is 7. The number of methoxy groups -OCH3 is 4. The van der Waals surface area contributed by atoms with E-state index in [1.54, 1.807) is 51.5 Å². The maximum absolute atomic E-state index is 12.2. The van der Waals surface area contributed by atoms with Crippen LogP contribution in [0.5, 0.6) is 11.5 Å². The summed E-state index contributed by atoms with van der Waals surface area (Å²) in [5.41, 5.74) is 0.506. The maximum atomic E-state index is 12.2. The molecule has 7 heteroatoms. The first-order chi connectivity index (χ1) is 14.4. The van der Waals surface area contributed by atoms with Gasteiger partial charge in [0.2, 0.25) is 11.5 Å². The van der Waals surface area contributed by atoms with Gasteiger partial charge in [-0.25, -0.2) is 0 Å². The molecule has 1 aliphatic rings. The number of rotatable bonds is 8. The highest BCUT2D eigenvalue weighted by molar-refractivity contribution is 6.02. The Morgan fingerprint density at radius 1 is 1.23 bits per heavy atom. The summed E-state index contributed by atoms with van der Waals surface area (Å²) < 4.78 is 26.5. The zero-order valence-electron chi connectivity index (χ0n) is 18.0. The van der Waals surface area contributed by atoms with Crippen LogP contribution in [0.15, 0.2) is 47.6 Å². The van der Waals surface area contributed by atoms with Crippen LogP contribution in [0.2, 0.25) is 0 Å². The minimum absolute atomic E-state index is 0.0239. The molecule has 0 saturated carbocycles. The van der Waals surface area contributed by atoms with E-state index in [-0.39, 0.29) is 12.2 Å². The number of Topliss-reactive ketones (excluding diaryl/α,β-unsaturated/α-hetero) is 1. The molecule has 0 fully saturated rings. The van der Waals surface area contributed by atoms with Gasteiger partial charge in [-0.15, -0.1) is 12.3 Å². The molecule has 30 heavy (non-hydrogen) atoms. The molecule has 0 saturated heterocycles. The first kappa shape index (κ1) is 24.7. The van der Waals surface area contributed by atoms with Crippen LogP contribution in [-0.4, -0.2) is 45.9 Å². The van der Waals surface area contributed by atoms with Crippen molar-refractivity contribution in [2.75, 3.05) is 35.0 Å². The number of carbonyl (C=O) groups is 1. The highest BCUT2D eigenvalue weighted by Gasteiger charge is 2.27. The standard InChI is InChI=1S/C20H24O7.C3H4/c1-23-10-9-14(24-2)6-7-15-12-16(21)19(22)20(27-15)13-5-8-17(25-3)18(11-13)26-4;1-3-2/h5,7-9,11,22H,6,10,12H2,1-4H3;1H,2H3/b14-9+,15-7+;. The van der Waals surface area contributed by atoms with Crippen molar-refractivity contribution in [2.24, 2.45) is 0 Å². The Hall–Kier alpha value is -3.37. The van der Waals surface area contributed by atoms with Crippen LogP contribution < -0.4 is 9.47 Å². The summed E-state index contributed by atoms with van der Waals surface area (Å²) in [5, 5.41) is 10.2. The van der Waals surface area contributed by atoms with E-state index in [0.29, 0.717) is 41.6 Å². The Balaban J connectivity index is 0.00000141. The van der Waals surface area contributed by atoms with Crippen molar-refractivity contribution < 1.29 is 33.6 Å². The fourth-order valence-electron chi connectivity index (χ4n) is 2.51. The summed E-state index contributed by atoms with van der Waals surface area (Å²) in [7, 11) is 6.19. The SMILES string of the molecule is C#CC.COC/C=C(\C/C=C1\CC(=O)C(O)=C(c2ccc(OC)c(OC)c2)O1)OC. The summed E-state index contributed by atoms with van der Waals surface area (Å²) >= 11 is 0. The number of ether oxygens (including phenoxy) is 5. The first-order valence-electron chi connectivity index (χ1n) is 9.10. The minimum atomic E-state index is -0.419. The second-order valence-electron chi connectivity index (χ2n) is 5.94. The van der Waals surface area contributed by atoms with Gasteiger partial charge in [0.05, 0.1) is 40.1 Å². The van der Waals surface area contributed by atoms with E-state index in [0.717, 1.165) is 0 Å². The van der Waals surface area contributed by atoms with E-state index in [1.165, 1.54) is 14.2 Å². The van der Waals surface area contributed by atoms with Crippen molar-refractivity contribution in [3.05, 3.63) is 53.2 Å². The summed E-state index contributed by atoms with van der Waals surface area (Å²) in [6.07, 6.45) is 8.55. The lowest BCUT2D eigenvalue weighted by Crippen LogP contribution is -2.15. The zero-order chi connectivity index (χ0) is 22.5. The van der Waals surface area contributed by atoms with Gasteiger partial charge in [-0.1, -0.05) is 0 Å². The Labute approximate surface area is 177 Å². The van der Waals surface area contributed by atoms with E-state index >= 15 is 0 Å². The summed E-state index contributed by atoms with van der Waals surface area (Å²) in [4.78, 5) is 12.2. The van der Waals surface area contributed by atoms with Crippen LogP contribution >= 0.6 is 0 Å². The fourth-order valence-corrected chi connectivity index (χ4v) is 2.51. The Bertz CT molecular complexity index is 857. The van der Waals surface area contributed by atoms with Crippen LogP contribution in [0.1, 0.15) is 25.3 Å². The molecule has 0 aliphatic carbocycles. The molecule has 0 radical (unpaired) electrons. The second-order valence-corrected chi connectivity index (χ2v) is 5.94. The number of aliphatic hydroxyl groups excluding tert-OH is 1. The molecule has 1 N–H and O–H groups in total. The Morgan fingerprint density at radius 3 is 2.47 bits per heavy atom. The van der Waals surface area contributed by atoms with Gasteiger partial charge in [0.15, 0.2) is 17.3 Å². The molecule has 0 spiro atoms. The summed E-state index contributed by atoms with van der Waals surface area (Å²) in [5.74, 6) is 3.62. The lowest BCUT2D eigenvalue weighted by Gasteiger charge is -2.20. The maximum Gasteiger partial charge on any atom is 0.208 e. The number of aliphatic hydroxyl groups is 1. The topological polar surface area (TPSA) is 83.5 Å². The first-order valence-corrected chi connectivity index (χ1v) is 9.10. The molecular weight excluding hydrogens is 388 g/mol. The molecular formula is C23H28O7. The number of hydrogen-bond donors (Lipinski definition) is 1. The van der Waals surface area contributed by atoms with Gasteiger partial charge in [-0.05, 0) is 37.3 Å². The molecule has 1 aromatic rings. The monoisotopic (exact) mass is 416 g/mol. The highest BCUT2D eigenvalue weighted by Crippen LogP contribution is 2.35. The third-order valence-corrected chi connectivity index (χ3v) is 3.96. The van der Waals surface area contributed by atoms with Crippen molar-refractivity contribution in [3.8, 4) is 23.8 Å². The Kier molecular flexibility index (Phi) is 10.7. The van der Waals surface area contributed by atoms with Gasteiger partial charge in [-0.2, -0.15) is 0 Å². The van der Waals surface area contributed by atoms with Crippen molar-refractivity contribution in [1.29, 1.82) is 0 Å². The van der Waals surface area contributed by atoms with Crippen LogP contribution in [0.25, 0.3) is 5.76 Å². The summed E-state index contributed by atoms with van der Waals surface area (Å²) in [6.45, 7) is 2.07. The van der Waals surface area contributed by atoms with Crippen molar-refractivity contribution in [3.63, 3.8) is 0 Å². The van der Waals surface area contributed by atoms with Gasteiger partial charge in [-0.3, -0.25) is 4.79 Å². The third kappa shape index (κ3) is 6.90. The molecule has 1 aromatic carbocycles. The van der Waals surface area contributed by atoms with E-state index in [2.05, 4.69) is 12.3 Å². The average molecular weight is 416 g/mol. The average Bonchev–Trinajstić information content (AvgIpc) is 2.76. The summed E-state index contributed by atoms with van der Waals surface area (Å²) in [6, 6.07) is 5.00. The molecule has 2 rings (SSSR count). The molecule has 0 bridgehead atoms. The van der Waals surface area contributed by atoms with Crippen molar-refractivity contribution >= 4 is 11.5 Å². The van der Waals surface area contributed by atoms with E-state index < -0.39 is 11.5 Å².